The molecule has 110 valence electrons. The molecule has 1 aliphatic heterocycles. The fourth-order valence-corrected chi connectivity index (χ4v) is 2.60. The van der Waals surface area contributed by atoms with Gasteiger partial charge in [0.15, 0.2) is 0 Å². The van der Waals surface area contributed by atoms with Gasteiger partial charge in [-0.15, -0.1) is 0 Å². The van der Waals surface area contributed by atoms with Crippen LogP contribution in [0.5, 0.6) is 0 Å². The largest absolute Gasteiger partial charge is 0.343 e. The van der Waals surface area contributed by atoms with Crippen molar-refractivity contribution in [2.75, 3.05) is 19.6 Å². The molecule has 3 nitrogen and oxygen atoms in total. The SMILES string of the molecule is O=C(CCNCc1cccc(Cl)c1F)N1CCCCC1. The topological polar surface area (TPSA) is 32.3 Å². The number of likely N-dealkylation sites (tertiary alicyclic amines) is 1. The molecule has 0 aliphatic carbocycles. The first-order valence-corrected chi connectivity index (χ1v) is 7.47. The van der Waals surface area contributed by atoms with Crippen molar-refractivity contribution in [1.82, 2.24) is 10.2 Å². The molecule has 1 amide bonds. The molecule has 20 heavy (non-hydrogen) atoms. The maximum atomic E-state index is 13.6. The van der Waals surface area contributed by atoms with E-state index < -0.39 is 0 Å². The number of amides is 1. The molecule has 1 heterocycles. The molecule has 0 aromatic heterocycles. The first-order valence-electron chi connectivity index (χ1n) is 7.10. The third-order valence-corrected chi connectivity index (χ3v) is 3.86. The average Bonchev–Trinajstić information content (AvgIpc) is 2.48. The van der Waals surface area contributed by atoms with Crippen LogP contribution in [0.25, 0.3) is 0 Å². The lowest BCUT2D eigenvalue weighted by Gasteiger charge is -2.26. The van der Waals surface area contributed by atoms with Crippen LogP contribution in [0.1, 0.15) is 31.2 Å². The van der Waals surface area contributed by atoms with Gasteiger partial charge in [0.1, 0.15) is 5.82 Å². The van der Waals surface area contributed by atoms with E-state index in [2.05, 4.69) is 5.32 Å². The van der Waals surface area contributed by atoms with E-state index in [1.165, 1.54) is 12.5 Å². The van der Waals surface area contributed by atoms with Crippen molar-refractivity contribution < 1.29 is 9.18 Å². The number of benzene rings is 1. The van der Waals surface area contributed by atoms with Crippen LogP contribution in [-0.4, -0.2) is 30.4 Å². The summed E-state index contributed by atoms with van der Waals surface area (Å²) in [5.41, 5.74) is 0.530. The fraction of sp³-hybridized carbons (Fsp3) is 0.533. The average molecular weight is 299 g/mol. The fourth-order valence-electron chi connectivity index (χ4n) is 2.40. The van der Waals surface area contributed by atoms with E-state index in [1.54, 1.807) is 12.1 Å². The lowest BCUT2D eigenvalue weighted by Crippen LogP contribution is -2.37. The number of carbonyl (C=O) groups is 1. The number of hydrogen-bond donors (Lipinski definition) is 1. The predicted molar refractivity (Wildman–Crippen MR) is 78.2 cm³/mol. The predicted octanol–water partition coefficient (Wildman–Crippen LogP) is 2.97. The Morgan fingerprint density at radius 1 is 1.30 bits per heavy atom. The molecular weight excluding hydrogens is 279 g/mol. The van der Waals surface area contributed by atoms with E-state index in [9.17, 15) is 9.18 Å². The minimum Gasteiger partial charge on any atom is -0.343 e. The number of piperidine rings is 1. The second kappa shape index (κ2) is 7.60. The molecule has 5 heteroatoms. The highest BCUT2D eigenvalue weighted by Gasteiger charge is 2.15. The normalized spacial score (nSPS) is 15.4. The van der Waals surface area contributed by atoms with Crippen LogP contribution in [-0.2, 0) is 11.3 Å². The van der Waals surface area contributed by atoms with Crippen molar-refractivity contribution in [3.63, 3.8) is 0 Å². The Kier molecular flexibility index (Phi) is 5.80. The van der Waals surface area contributed by atoms with E-state index in [1.807, 2.05) is 4.90 Å². The zero-order valence-corrected chi connectivity index (χ0v) is 12.3. The van der Waals surface area contributed by atoms with Crippen molar-refractivity contribution in [3.05, 3.63) is 34.6 Å². The summed E-state index contributed by atoms with van der Waals surface area (Å²) >= 11 is 5.72. The highest BCUT2D eigenvalue weighted by Crippen LogP contribution is 2.17. The van der Waals surface area contributed by atoms with E-state index in [4.69, 9.17) is 11.6 Å². The highest BCUT2D eigenvalue weighted by atomic mass is 35.5. The number of nitrogens with zero attached hydrogens (tertiary/aromatic N) is 1. The summed E-state index contributed by atoms with van der Waals surface area (Å²) in [5, 5.41) is 3.23. The Labute approximate surface area is 124 Å². The van der Waals surface area contributed by atoms with Gasteiger partial charge in [-0.05, 0) is 25.3 Å². The molecule has 0 spiro atoms. The van der Waals surface area contributed by atoms with Gasteiger partial charge in [-0.1, -0.05) is 23.7 Å². The summed E-state index contributed by atoms with van der Waals surface area (Å²) in [7, 11) is 0. The van der Waals surface area contributed by atoms with Gasteiger partial charge in [0.05, 0.1) is 5.02 Å². The maximum absolute atomic E-state index is 13.6. The Balaban J connectivity index is 1.70. The quantitative estimate of drug-likeness (QED) is 0.848. The molecule has 0 unspecified atom stereocenters. The molecule has 1 aromatic carbocycles. The number of carbonyl (C=O) groups excluding carboxylic acids is 1. The molecule has 1 saturated heterocycles. The molecule has 0 bridgehead atoms. The molecular formula is C15H20ClFN2O. The second-order valence-electron chi connectivity index (χ2n) is 5.08. The van der Waals surface area contributed by atoms with E-state index in [0.29, 0.717) is 25.1 Å². The minimum absolute atomic E-state index is 0.133. The number of rotatable bonds is 5. The number of halogens is 2. The lowest BCUT2D eigenvalue weighted by molar-refractivity contribution is -0.131. The Morgan fingerprint density at radius 2 is 2.05 bits per heavy atom. The Bertz CT molecular complexity index is 461. The van der Waals surface area contributed by atoms with Crippen molar-refractivity contribution >= 4 is 17.5 Å². The van der Waals surface area contributed by atoms with Crippen molar-refractivity contribution in [1.29, 1.82) is 0 Å². The standard InChI is InChI=1S/C15H20ClFN2O/c16-13-6-4-5-12(15(13)17)11-18-8-7-14(20)19-9-2-1-3-10-19/h4-6,18H,1-3,7-11H2. The summed E-state index contributed by atoms with van der Waals surface area (Å²) in [4.78, 5) is 13.8. The third kappa shape index (κ3) is 4.18. The lowest BCUT2D eigenvalue weighted by atomic mass is 10.1. The van der Waals surface area contributed by atoms with Crippen LogP contribution >= 0.6 is 11.6 Å². The van der Waals surface area contributed by atoms with Gasteiger partial charge in [0.2, 0.25) is 5.91 Å². The highest BCUT2D eigenvalue weighted by molar-refractivity contribution is 6.30. The third-order valence-electron chi connectivity index (χ3n) is 3.57. The minimum atomic E-state index is -0.385. The van der Waals surface area contributed by atoms with Crippen LogP contribution < -0.4 is 5.32 Å². The number of hydrogen-bond acceptors (Lipinski definition) is 2. The van der Waals surface area contributed by atoms with E-state index >= 15 is 0 Å². The monoisotopic (exact) mass is 298 g/mol. The molecule has 1 N–H and O–H groups in total. The van der Waals surface area contributed by atoms with Crippen LogP contribution in [0.4, 0.5) is 4.39 Å². The molecule has 1 fully saturated rings. The molecule has 1 aliphatic rings. The van der Waals surface area contributed by atoms with Gasteiger partial charge >= 0.3 is 0 Å². The molecule has 2 rings (SSSR count). The Morgan fingerprint density at radius 3 is 2.80 bits per heavy atom. The van der Waals surface area contributed by atoms with Gasteiger partial charge in [0.25, 0.3) is 0 Å². The molecule has 1 aromatic rings. The first-order chi connectivity index (χ1) is 9.68. The van der Waals surface area contributed by atoms with Gasteiger partial charge in [-0.2, -0.15) is 0 Å². The summed E-state index contributed by atoms with van der Waals surface area (Å²) in [5.74, 6) is -0.201. The maximum Gasteiger partial charge on any atom is 0.223 e. The van der Waals surface area contributed by atoms with Crippen LogP contribution in [0.3, 0.4) is 0 Å². The number of nitrogens with one attached hydrogen (secondary N) is 1. The first kappa shape index (κ1) is 15.3. The molecule has 0 atom stereocenters. The molecule has 0 saturated carbocycles. The smallest absolute Gasteiger partial charge is 0.223 e. The van der Waals surface area contributed by atoms with Gasteiger partial charge in [-0.3, -0.25) is 4.79 Å². The van der Waals surface area contributed by atoms with Gasteiger partial charge in [0, 0.05) is 38.2 Å². The zero-order chi connectivity index (χ0) is 14.4. The van der Waals surface area contributed by atoms with Gasteiger partial charge in [-0.25, -0.2) is 4.39 Å². The van der Waals surface area contributed by atoms with E-state index in [-0.39, 0.29) is 16.7 Å². The van der Waals surface area contributed by atoms with Crippen molar-refractivity contribution in [2.24, 2.45) is 0 Å². The summed E-state index contributed by atoms with van der Waals surface area (Å²) in [6.45, 7) is 2.70. The Hall–Kier alpha value is -1.13. The summed E-state index contributed by atoms with van der Waals surface area (Å²) in [6, 6.07) is 4.95. The van der Waals surface area contributed by atoms with Crippen molar-refractivity contribution in [3.8, 4) is 0 Å². The second-order valence-corrected chi connectivity index (χ2v) is 5.49. The summed E-state index contributed by atoms with van der Waals surface area (Å²) < 4.78 is 13.6. The van der Waals surface area contributed by atoms with Crippen molar-refractivity contribution in [2.45, 2.75) is 32.2 Å². The van der Waals surface area contributed by atoms with Crippen LogP contribution in [0.2, 0.25) is 5.02 Å². The van der Waals surface area contributed by atoms with E-state index in [0.717, 1.165) is 25.9 Å². The summed E-state index contributed by atoms with van der Waals surface area (Å²) in [6.07, 6.45) is 3.89. The van der Waals surface area contributed by atoms with Crippen LogP contribution in [0.15, 0.2) is 18.2 Å². The molecule has 0 radical (unpaired) electrons. The van der Waals surface area contributed by atoms with Crippen LogP contribution in [0, 0.1) is 5.82 Å². The zero-order valence-electron chi connectivity index (χ0n) is 11.5. The van der Waals surface area contributed by atoms with Gasteiger partial charge < -0.3 is 10.2 Å².